The van der Waals surface area contributed by atoms with Crippen LogP contribution >= 0.6 is 12.2 Å². The van der Waals surface area contributed by atoms with Gasteiger partial charge in [0.2, 0.25) is 5.91 Å². The Morgan fingerprint density at radius 1 is 1.05 bits per heavy atom. The maximum absolute atomic E-state index is 12.1. The normalized spacial score (nSPS) is 16.6. The van der Waals surface area contributed by atoms with Crippen LogP contribution in [0.4, 0.5) is 11.4 Å². The van der Waals surface area contributed by atoms with Crippen LogP contribution in [0.15, 0.2) is 60.8 Å². The number of hydrogen-bond acceptors (Lipinski definition) is 4. The number of carbonyl (C=O) groups is 1. The molecular weight excluding hydrogens is 530 g/mol. The Bertz CT molecular complexity index is 1610. The Kier molecular flexibility index (Phi) is 7.87. The summed E-state index contributed by atoms with van der Waals surface area (Å²) in [6.45, 7) is 12.6. The van der Waals surface area contributed by atoms with E-state index in [-0.39, 0.29) is 18.0 Å². The topological polar surface area (TPSA) is 71.4 Å². The molecule has 5 rings (SSSR count). The van der Waals surface area contributed by atoms with Gasteiger partial charge in [0.05, 0.1) is 36.3 Å². The first kappa shape index (κ1) is 28.4. The SMILES string of the molecule is CCC(=O)Nc1ccc(N2C(=S)N[C@@H](c3ccccn3)[C@@H]2c2cc(C)n(-c3c(C)cc(C)cc3C)c2C)cc1OC. The molecule has 3 heterocycles. The van der Waals surface area contributed by atoms with Gasteiger partial charge >= 0.3 is 0 Å². The first-order valence-electron chi connectivity index (χ1n) is 13.9. The van der Waals surface area contributed by atoms with Gasteiger partial charge in [-0.2, -0.15) is 0 Å². The van der Waals surface area contributed by atoms with E-state index < -0.39 is 0 Å². The van der Waals surface area contributed by atoms with Crippen molar-refractivity contribution in [3.05, 3.63) is 100 Å². The maximum atomic E-state index is 12.1. The van der Waals surface area contributed by atoms with Crippen LogP contribution in [0.3, 0.4) is 0 Å². The van der Waals surface area contributed by atoms with E-state index in [4.69, 9.17) is 21.9 Å². The van der Waals surface area contributed by atoms with E-state index in [1.165, 1.54) is 22.4 Å². The highest BCUT2D eigenvalue weighted by Gasteiger charge is 2.42. The van der Waals surface area contributed by atoms with Crippen LogP contribution < -0.4 is 20.3 Å². The molecule has 1 amide bonds. The van der Waals surface area contributed by atoms with Crippen molar-refractivity contribution in [3.8, 4) is 11.4 Å². The van der Waals surface area contributed by atoms with Gasteiger partial charge in [-0.05, 0) is 93.9 Å². The highest BCUT2D eigenvalue weighted by Crippen LogP contribution is 2.45. The molecule has 2 N–H and O–H groups in total. The van der Waals surface area contributed by atoms with E-state index in [1.54, 1.807) is 7.11 Å². The lowest BCUT2D eigenvalue weighted by atomic mass is 9.96. The summed E-state index contributed by atoms with van der Waals surface area (Å²) in [4.78, 5) is 19.0. The summed E-state index contributed by atoms with van der Waals surface area (Å²) in [5.74, 6) is 0.500. The van der Waals surface area contributed by atoms with E-state index in [0.29, 0.717) is 23.0 Å². The minimum atomic E-state index is -0.177. The van der Waals surface area contributed by atoms with Gasteiger partial charge in [-0.15, -0.1) is 0 Å². The second kappa shape index (κ2) is 11.4. The molecule has 0 unspecified atom stereocenters. The molecule has 0 saturated carbocycles. The summed E-state index contributed by atoms with van der Waals surface area (Å²) < 4.78 is 8.06. The first-order valence-corrected chi connectivity index (χ1v) is 14.3. The van der Waals surface area contributed by atoms with Gasteiger partial charge in [-0.25, -0.2) is 0 Å². The number of carbonyl (C=O) groups excluding carboxylic acids is 1. The zero-order chi connectivity index (χ0) is 29.4. The van der Waals surface area contributed by atoms with E-state index in [2.05, 4.69) is 72.9 Å². The Hall–Kier alpha value is -4.17. The van der Waals surface area contributed by atoms with Crippen LogP contribution in [0.2, 0.25) is 0 Å². The summed E-state index contributed by atoms with van der Waals surface area (Å²) in [5.41, 5.74) is 10.8. The third kappa shape index (κ3) is 5.20. The Balaban J connectivity index is 1.68. The molecule has 0 spiro atoms. The lowest BCUT2D eigenvalue weighted by Crippen LogP contribution is -2.29. The van der Waals surface area contributed by atoms with Crippen molar-refractivity contribution in [2.75, 3.05) is 17.3 Å². The molecule has 2 atom stereocenters. The number of pyridine rings is 1. The number of benzene rings is 2. The zero-order valence-corrected chi connectivity index (χ0v) is 25.5. The Morgan fingerprint density at radius 3 is 2.41 bits per heavy atom. The van der Waals surface area contributed by atoms with Gasteiger partial charge in [0.1, 0.15) is 5.75 Å². The number of ether oxygens (including phenoxy) is 1. The number of rotatable bonds is 7. The number of methoxy groups -OCH3 is 1. The zero-order valence-electron chi connectivity index (χ0n) is 24.7. The summed E-state index contributed by atoms with van der Waals surface area (Å²) in [6, 6.07) is 18.1. The van der Waals surface area contributed by atoms with Crippen molar-refractivity contribution >= 4 is 34.6 Å². The molecule has 8 heteroatoms. The standard InChI is InChI=1S/C33H37N5O2S/c1-8-29(39)35-26-13-12-24(18-28(26)40-7)38-32(30(36-33(38)41)27-11-9-10-14-34-27)25-17-22(5)37(23(25)6)31-20(3)15-19(2)16-21(31)4/h9-18,30,32H,8H2,1-7H3,(H,35,39)(H,36,41)/t30-,32-/m0/s1. The molecule has 0 radical (unpaired) electrons. The van der Waals surface area contributed by atoms with Gasteiger partial charge in [0, 0.05) is 35.8 Å². The van der Waals surface area contributed by atoms with Gasteiger partial charge in [0.15, 0.2) is 5.11 Å². The minimum Gasteiger partial charge on any atom is -0.494 e. The molecule has 1 saturated heterocycles. The highest BCUT2D eigenvalue weighted by molar-refractivity contribution is 7.80. The molecule has 0 bridgehead atoms. The number of aryl methyl sites for hydroxylation is 4. The maximum Gasteiger partial charge on any atom is 0.224 e. The quantitative estimate of drug-likeness (QED) is 0.236. The van der Waals surface area contributed by atoms with E-state index in [0.717, 1.165) is 28.3 Å². The van der Waals surface area contributed by atoms with Crippen molar-refractivity contribution in [1.82, 2.24) is 14.9 Å². The van der Waals surface area contributed by atoms with Crippen molar-refractivity contribution in [1.29, 1.82) is 0 Å². The number of hydrogen-bond donors (Lipinski definition) is 2. The molecule has 7 nitrogen and oxygen atoms in total. The number of anilines is 2. The van der Waals surface area contributed by atoms with Crippen LogP contribution in [0.5, 0.6) is 5.75 Å². The predicted molar refractivity (Wildman–Crippen MR) is 169 cm³/mol. The number of nitrogens with one attached hydrogen (secondary N) is 2. The van der Waals surface area contributed by atoms with Crippen LogP contribution in [0.25, 0.3) is 5.69 Å². The number of aromatic nitrogens is 2. The van der Waals surface area contributed by atoms with Crippen molar-refractivity contribution < 1.29 is 9.53 Å². The number of amides is 1. The number of nitrogens with zero attached hydrogens (tertiary/aromatic N) is 3. The van der Waals surface area contributed by atoms with Gasteiger partial charge in [-0.1, -0.05) is 30.7 Å². The molecular formula is C33H37N5O2S. The molecule has 2 aromatic carbocycles. The first-order chi connectivity index (χ1) is 19.6. The fourth-order valence-corrected chi connectivity index (χ4v) is 6.42. The van der Waals surface area contributed by atoms with Crippen LogP contribution in [-0.4, -0.2) is 27.7 Å². The second-order valence-corrected chi connectivity index (χ2v) is 11.1. The molecule has 4 aromatic rings. The average molecular weight is 568 g/mol. The van der Waals surface area contributed by atoms with Crippen molar-refractivity contribution in [2.45, 2.75) is 60.0 Å². The molecule has 1 aliphatic heterocycles. The van der Waals surface area contributed by atoms with Crippen molar-refractivity contribution in [3.63, 3.8) is 0 Å². The fraction of sp³-hybridized carbons (Fsp3) is 0.303. The lowest BCUT2D eigenvalue weighted by molar-refractivity contribution is -0.115. The fourth-order valence-electron chi connectivity index (χ4n) is 6.08. The van der Waals surface area contributed by atoms with Gasteiger partial charge in [0.25, 0.3) is 0 Å². The molecule has 212 valence electrons. The van der Waals surface area contributed by atoms with Gasteiger partial charge in [-0.3, -0.25) is 9.78 Å². The van der Waals surface area contributed by atoms with E-state index >= 15 is 0 Å². The summed E-state index contributed by atoms with van der Waals surface area (Å²) in [5, 5.41) is 7.09. The Labute approximate surface area is 247 Å². The van der Waals surface area contributed by atoms with Crippen LogP contribution in [-0.2, 0) is 4.79 Å². The largest absolute Gasteiger partial charge is 0.494 e. The molecule has 1 aliphatic rings. The average Bonchev–Trinajstić information content (AvgIpc) is 3.44. The van der Waals surface area contributed by atoms with E-state index in [9.17, 15) is 4.79 Å². The predicted octanol–water partition coefficient (Wildman–Crippen LogP) is 6.95. The third-order valence-electron chi connectivity index (χ3n) is 7.80. The molecule has 1 fully saturated rings. The Morgan fingerprint density at radius 2 is 1.78 bits per heavy atom. The molecule has 41 heavy (non-hydrogen) atoms. The summed E-state index contributed by atoms with van der Waals surface area (Å²) >= 11 is 5.98. The number of thiocarbonyl (C=S) groups is 1. The minimum absolute atomic E-state index is 0.0726. The lowest BCUT2D eigenvalue weighted by Gasteiger charge is -2.29. The van der Waals surface area contributed by atoms with Crippen LogP contribution in [0.1, 0.15) is 64.8 Å². The van der Waals surface area contributed by atoms with Crippen LogP contribution in [0, 0.1) is 34.6 Å². The summed E-state index contributed by atoms with van der Waals surface area (Å²) in [7, 11) is 1.61. The van der Waals surface area contributed by atoms with Crippen molar-refractivity contribution in [2.24, 2.45) is 0 Å². The molecule has 0 aliphatic carbocycles. The second-order valence-electron chi connectivity index (χ2n) is 10.7. The smallest absolute Gasteiger partial charge is 0.224 e. The third-order valence-corrected chi connectivity index (χ3v) is 8.12. The summed E-state index contributed by atoms with van der Waals surface area (Å²) in [6.07, 6.45) is 2.20. The molecule has 2 aromatic heterocycles. The highest BCUT2D eigenvalue weighted by atomic mass is 32.1. The monoisotopic (exact) mass is 567 g/mol. The van der Waals surface area contributed by atoms with E-state index in [1.807, 2.05) is 49.5 Å². The van der Waals surface area contributed by atoms with Gasteiger partial charge < -0.3 is 24.8 Å².